The van der Waals surface area contributed by atoms with Crippen molar-refractivity contribution in [3.63, 3.8) is 0 Å². The molecule has 0 saturated carbocycles. The molecule has 1 aliphatic heterocycles. The van der Waals surface area contributed by atoms with E-state index in [-0.39, 0.29) is 30.9 Å². The molecular weight excluding hydrogens is 382 g/mol. The third kappa shape index (κ3) is 4.61. The first-order valence-electron chi connectivity index (χ1n) is 8.88. The monoisotopic (exact) mass is 401 g/mol. The van der Waals surface area contributed by atoms with Crippen molar-refractivity contribution < 1.29 is 19.1 Å². The fourth-order valence-electron chi connectivity index (χ4n) is 2.72. The summed E-state index contributed by atoms with van der Waals surface area (Å²) in [5.41, 5.74) is 1.37. The van der Waals surface area contributed by atoms with Gasteiger partial charge >= 0.3 is 0 Å². The third-order valence-corrected chi connectivity index (χ3v) is 4.39. The number of amides is 3. The van der Waals surface area contributed by atoms with Crippen LogP contribution in [0.25, 0.3) is 0 Å². The van der Waals surface area contributed by atoms with Crippen molar-refractivity contribution in [1.82, 2.24) is 5.32 Å². The molecule has 3 rings (SSSR count). The fraction of sp³-hybridized carbons (Fsp3) is 0.250. The Bertz CT molecular complexity index is 899. The van der Waals surface area contributed by atoms with Crippen LogP contribution in [0.5, 0.6) is 5.75 Å². The number of fused-ring (bicyclic) bond motifs is 1. The van der Waals surface area contributed by atoms with Crippen molar-refractivity contribution in [2.24, 2.45) is 0 Å². The SMILES string of the molecule is CCCNC(=O)CN1C(=O)COc2ccc(NC(=O)c3ccc(Cl)cc3)cc21. The van der Waals surface area contributed by atoms with Gasteiger partial charge in [0.15, 0.2) is 6.61 Å². The first-order chi connectivity index (χ1) is 13.5. The molecule has 0 spiro atoms. The van der Waals surface area contributed by atoms with Gasteiger partial charge in [0.1, 0.15) is 12.3 Å². The van der Waals surface area contributed by atoms with Crippen LogP contribution in [0.1, 0.15) is 23.7 Å². The van der Waals surface area contributed by atoms with Crippen LogP contribution < -0.4 is 20.3 Å². The second-order valence-corrected chi connectivity index (χ2v) is 6.70. The van der Waals surface area contributed by atoms with E-state index in [0.29, 0.717) is 34.3 Å². The molecule has 7 nitrogen and oxygen atoms in total. The molecule has 0 unspecified atom stereocenters. The lowest BCUT2D eigenvalue weighted by Gasteiger charge is -2.29. The smallest absolute Gasteiger partial charge is 0.265 e. The van der Waals surface area contributed by atoms with Gasteiger partial charge in [0.05, 0.1) is 5.69 Å². The molecular formula is C20H20ClN3O4. The highest BCUT2D eigenvalue weighted by Crippen LogP contribution is 2.34. The Hall–Kier alpha value is -3.06. The molecule has 0 radical (unpaired) electrons. The highest BCUT2D eigenvalue weighted by atomic mass is 35.5. The maximum absolute atomic E-state index is 12.4. The number of hydrogen-bond donors (Lipinski definition) is 2. The number of carbonyl (C=O) groups is 3. The quantitative estimate of drug-likeness (QED) is 0.779. The summed E-state index contributed by atoms with van der Waals surface area (Å²) >= 11 is 5.84. The molecule has 3 amide bonds. The van der Waals surface area contributed by atoms with Crippen LogP contribution >= 0.6 is 11.6 Å². The molecule has 28 heavy (non-hydrogen) atoms. The maximum atomic E-state index is 12.4. The van der Waals surface area contributed by atoms with E-state index in [4.69, 9.17) is 16.3 Å². The fourth-order valence-corrected chi connectivity index (χ4v) is 2.85. The lowest BCUT2D eigenvalue weighted by molar-refractivity contribution is -0.125. The third-order valence-electron chi connectivity index (χ3n) is 4.14. The molecule has 8 heteroatoms. The lowest BCUT2D eigenvalue weighted by Crippen LogP contribution is -2.45. The van der Waals surface area contributed by atoms with Crippen LogP contribution in [0.4, 0.5) is 11.4 Å². The van der Waals surface area contributed by atoms with E-state index < -0.39 is 0 Å². The number of ether oxygens (including phenoxy) is 1. The highest BCUT2D eigenvalue weighted by molar-refractivity contribution is 6.30. The zero-order valence-corrected chi connectivity index (χ0v) is 16.1. The van der Waals surface area contributed by atoms with Crippen LogP contribution in [0.15, 0.2) is 42.5 Å². The van der Waals surface area contributed by atoms with Gasteiger partial charge in [-0.3, -0.25) is 19.3 Å². The van der Waals surface area contributed by atoms with Gasteiger partial charge in [-0.2, -0.15) is 0 Å². The molecule has 1 aliphatic rings. The molecule has 0 aliphatic carbocycles. The van der Waals surface area contributed by atoms with Crippen molar-refractivity contribution in [3.05, 3.63) is 53.1 Å². The molecule has 0 saturated heterocycles. The number of hydrogen-bond acceptors (Lipinski definition) is 4. The molecule has 2 N–H and O–H groups in total. The molecule has 2 aromatic rings. The summed E-state index contributed by atoms with van der Waals surface area (Å²) in [6.45, 7) is 2.25. The van der Waals surface area contributed by atoms with E-state index >= 15 is 0 Å². The first kappa shape index (κ1) is 19.7. The molecule has 0 bridgehead atoms. The number of benzene rings is 2. The van der Waals surface area contributed by atoms with E-state index in [0.717, 1.165) is 6.42 Å². The van der Waals surface area contributed by atoms with Gasteiger partial charge in [0, 0.05) is 22.8 Å². The van der Waals surface area contributed by atoms with Crippen molar-refractivity contribution in [2.45, 2.75) is 13.3 Å². The summed E-state index contributed by atoms with van der Waals surface area (Å²) in [5.74, 6) is -0.404. The van der Waals surface area contributed by atoms with Crippen molar-refractivity contribution in [2.75, 3.05) is 29.9 Å². The lowest BCUT2D eigenvalue weighted by atomic mass is 10.1. The largest absolute Gasteiger partial charge is 0.482 e. The molecule has 2 aromatic carbocycles. The first-order valence-corrected chi connectivity index (χ1v) is 9.26. The number of nitrogens with one attached hydrogen (secondary N) is 2. The molecule has 0 aromatic heterocycles. The second kappa shape index (κ2) is 8.75. The van der Waals surface area contributed by atoms with Crippen molar-refractivity contribution in [3.8, 4) is 5.75 Å². The Kier molecular flexibility index (Phi) is 6.16. The average molecular weight is 402 g/mol. The van der Waals surface area contributed by atoms with Crippen LogP contribution in [0.2, 0.25) is 5.02 Å². The van der Waals surface area contributed by atoms with Crippen molar-refractivity contribution in [1.29, 1.82) is 0 Å². The standard InChI is InChI=1S/C20H20ClN3O4/c1-2-9-22-18(25)11-24-16-10-15(7-8-17(16)28-12-19(24)26)23-20(27)13-3-5-14(21)6-4-13/h3-8,10H,2,9,11-12H2,1H3,(H,22,25)(H,23,27). The zero-order chi connectivity index (χ0) is 20.1. The van der Waals surface area contributed by atoms with E-state index in [1.165, 1.54) is 4.90 Å². The number of anilines is 2. The molecule has 0 fully saturated rings. The Morgan fingerprint density at radius 1 is 1.18 bits per heavy atom. The zero-order valence-electron chi connectivity index (χ0n) is 15.3. The Morgan fingerprint density at radius 2 is 1.93 bits per heavy atom. The Balaban J connectivity index is 1.79. The molecule has 1 heterocycles. The summed E-state index contributed by atoms with van der Waals surface area (Å²) in [7, 11) is 0. The summed E-state index contributed by atoms with van der Waals surface area (Å²) in [6, 6.07) is 11.5. The summed E-state index contributed by atoms with van der Waals surface area (Å²) in [4.78, 5) is 38.1. The van der Waals surface area contributed by atoms with Crippen LogP contribution in [-0.2, 0) is 9.59 Å². The number of halogens is 1. The van der Waals surface area contributed by atoms with Gasteiger partial charge in [-0.1, -0.05) is 18.5 Å². The van der Waals surface area contributed by atoms with Crippen molar-refractivity contribution >= 4 is 40.7 Å². The van der Waals surface area contributed by atoms with E-state index in [9.17, 15) is 14.4 Å². The molecule has 146 valence electrons. The van der Waals surface area contributed by atoms with Crippen LogP contribution in [0, 0.1) is 0 Å². The van der Waals surface area contributed by atoms with Gasteiger partial charge in [0.2, 0.25) is 5.91 Å². The summed E-state index contributed by atoms with van der Waals surface area (Å²) in [5, 5.41) is 6.06. The number of nitrogens with zero attached hydrogens (tertiary/aromatic N) is 1. The van der Waals surface area contributed by atoms with E-state index in [1.54, 1.807) is 42.5 Å². The Labute approximate surface area is 167 Å². The van der Waals surface area contributed by atoms with Crippen LogP contribution in [0.3, 0.4) is 0 Å². The topological polar surface area (TPSA) is 87.7 Å². The minimum absolute atomic E-state index is 0.107. The maximum Gasteiger partial charge on any atom is 0.265 e. The highest BCUT2D eigenvalue weighted by Gasteiger charge is 2.27. The van der Waals surface area contributed by atoms with E-state index in [1.807, 2.05) is 6.92 Å². The van der Waals surface area contributed by atoms with Crippen LogP contribution in [-0.4, -0.2) is 37.4 Å². The average Bonchev–Trinajstić information content (AvgIpc) is 2.69. The Morgan fingerprint density at radius 3 is 2.64 bits per heavy atom. The van der Waals surface area contributed by atoms with Gasteiger partial charge in [-0.15, -0.1) is 0 Å². The minimum Gasteiger partial charge on any atom is -0.482 e. The van der Waals surface area contributed by atoms with Gasteiger partial charge in [0.25, 0.3) is 11.8 Å². The van der Waals surface area contributed by atoms with Gasteiger partial charge in [-0.25, -0.2) is 0 Å². The summed E-state index contributed by atoms with van der Waals surface area (Å²) in [6.07, 6.45) is 0.806. The van der Waals surface area contributed by atoms with Gasteiger partial charge in [-0.05, 0) is 48.9 Å². The second-order valence-electron chi connectivity index (χ2n) is 6.26. The predicted octanol–water partition coefficient (Wildman–Crippen LogP) is 2.84. The predicted molar refractivity (Wildman–Crippen MR) is 107 cm³/mol. The number of carbonyl (C=O) groups excluding carboxylic acids is 3. The normalized spacial score (nSPS) is 12.8. The van der Waals surface area contributed by atoms with Gasteiger partial charge < -0.3 is 15.4 Å². The molecule has 0 atom stereocenters. The minimum atomic E-state index is -0.319. The summed E-state index contributed by atoms with van der Waals surface area (Å²) < 4.78 is 5.44. The number of rotatable bonds is 6. The van der Waals surface area contributed by atoms with E-state index in [2.05, 4.69) is 10.6 Å².